The molecule has 1 N–H and O–H groups in total. The molecule has 6 heteroatoms. The van der Waals surface area contributed by atoms with Crippen molar-refractivity contribution in [2.45, 2.75) is 38.8 Å². The summed E-state index contributed by atoms with van der Waals surface area (Å²) in [6, 6.07) is 4.16. The summed E-state index contributed by atoms with van der Waals surface area (Å²) >= 11 is 0. The van der Waals surface area contributed by atoms with Crippen LogP contribution in [0.25, 0.3) is 0 Å². The van der Waals surface area contributed by atoms with Gasteiger partial charge in [0.15, 0.2) is 0 Å². The number of hydrogen-bond donors (Lipinski definition) is 1. The van der Waals surface area contributed by atoms with E-state index >= 15 is 0 Å². The van der Waals surface area contributed by atoms with Crippen molar-refractivity contribution in [1.82, 2.24) is 10.2 Å². The van der Waals surface area contributed by atoms with Crippen molar-refractivity contribution in [2.24, 2.45) is 0 Å². The zero-order valence-electron chi connectivity index (χ0n) is 15.3. The van der Waals surface area contributed by atoms with Gasteiger partial charge in [-0.15, -0.1) is 12.4 Å². The Balaban J connectivity index is 0.00000288. The molecular formula is C18H29ClN2O3. The highest BCUT2D eigenvalue weighted by Crippen LogP contribution is 2.27. The Morgan fingerprint density at radius 3 is 2.21 bits per heavy atom. The Kier molecular flexibility index (Phi) is 7.52. The van der Waals surface area contributed by atoms with Crippen molar-refractivity contribution in [3.05, 3.63) is 28.8 Å². The highest BCUT2D eigenvalue weighted by atomic mass is 35.5. The minimum absolute atomic E-state index is 0. The molecule has 0 spiro atoms. The second-order valence-corrected chi connectivity index (χ2v) is 6.37. The molecule has 136 valence electrons. The maximum Gasteiger partial charge on any atom is 0.254 e. The van der Waals surface area contributed by atoms with Crippen LogP contribution in [0.1, 0.15) is 29.5 Å². The summed E-state index contributed by atoms with van der Waals surface area (Å²) in [4.78, 5) is 14.7. The largest absolute Gasteiger partial charge is 0.496 e. The first-order chi connectivity index (χ1) is 10.9. The minimum Gasteiger partial charge on any atom is -0.496 e. The Morgan fingerprint density at radius 1 is 1.21 bits per heavy atom. The van der Waals surface area contributed by atoms with Crippen molar-refractivity contribution in [2.75, 3.05) is 34.4 Å². The molecule has 0 radical (unpaired) electrons. The van der Waals surface area contributed by atoms with Gasteiger partial charge in [0.25, 0.3) is 5.91 Å². The summed E-state index contributed by atoms with van der Waals surface area (Å²) in [5.41, 5.74) is 2.60. The summed E-state index contributed by atoms with van der Waals surface area (Å²) in [7, 11) is 5.17. The third-order valence-electron chi connectivity index (χ3n) is 4.68. The van der Waals surface area contributed by atoms with Crippen LogP contribution in [0.15, 0.2) is 12.1 Å². The van der Waals surface area contributed by atoms with E-state index in [0.717, 1.165) is 35.5 Å². The zero-order chi connectivity index (χ0) is 17.0. The van der Waals surface area contributed by atoms with Crippen LogP contribution in [0.5, 0.6) is 5.75 Å². The lowest BCUT2D eigenvalue weighted by Gasteiger charge is -2.37. The standard InChI is InChI=1S/C18H28N2O3.ClH/c1-13-10-15(11-14(2)16(13)22-4)12-20(3)17(21)18(23-5)6-8-19-9-7-18;/h10-11,19H,6-9,12H2,1-5H3;1H. The van der Waals surface area contributed by atoms with Gasteiger partial charge in [-0.05, 0) is 56.5 Å². The Hall–Kier alpha value is -1.30. The van der Waals surface area contributed by atoms with Gasteiger partial charge < -0.3 is 19.7 Å². The highest BCUT2D eigenvalue weighted by Gasteiger charge is 2.41. The number of piperidine rings is 1. The quantitative estimate of drug-likeness (QED) is 0.880. The molecule has 1 fully saturated rings. The number of amides is 1. The number of carbonyl (C=O) groups excluding carboxylic acids is 1. The number of halogens is 1. The topological polar surface area (TPSA) is 50.8 Å². The lowest BCUT2D eigenvalue weighted by Crippen LogP contribution is -2.54. The summed E-state index contributed by atoms with van der Waals surface area (Å²) in [6.45, 7) is 6.26. The van der Waals surface area contributed by atoms with E-state index in [0.29, 0.717) is 19.4 Å². The van der Waals surface area contributed by atoms with E-state index in [4.69, 9.17) is 9.47 Å². The first-order valence-corrected chi connectivity index (χ1v) is 8.09. The van der Waals surface area contributed by atoms with Crippen molar-refractivity contribution in [3.63, 3.8) is 0 Å². The van der Waals surface area contributed by atoms with Crippen LogP contribution in [-0.4, -0.2) is 50.8 Å². The fraction of sp³-hybridized carbons (Fsp3) is 0.611. The predicted octanol–water partition coefficient (Wildman–Crippen LogP) is 2.46. The molecule has 1 aliphatic rings. The van der Waals surface area contributed by atoms with Gasteiger partial charge in [-0.2, -0.15) is 0 Å². The molecule has 1 aromatic carbocycles. The van der Waals surface area contributed by atoms with E-state index < -0.39 is 5.60 Å². The van der Waals surface area contributed by atoms with E-state index in [1.807, 2.05) is 20.9 Å². The molecule has 1 aliphatic heterocycles. The summed E-state index contributed by atoms with van der Waals surface area (Å²) in [5, 5.41) is 3.28. The molecule has 24 heavy (non-hydrogen) atoms. The monoisotopic (exact) mass is 356 g/mol. The first-order valence-electron chi connectivity index (χ1n) is 8.09. The number of aryl methyl sites for hydroxylation is 2. The molecule has 0 atom stereocenters. The second-order valence-electron chi connectivity index (χ2n) is 6.37. The molecule has 5 nitrogen and oxygen atoms in total. The van der Waals surface area contributed by atoms with Gasteiger partial charge in [-0.3, -0.25) is 4.79 Å². The number of nitrogens with one attached hydrogen (secondary N) is 1. The second kappa shape index (κ2) is 8.70. The average molecular weight is 357 g/mol. The number of rotatable bonds is 5. The lowest BCUT2D eigenvalue weighted by atomic mass is 9.90. The summed E-state index contributed by atoms with van der Waals surface area (Å²) < 4.78 is 11.0. The third-order valence-corrected chi connectivity index (χ3v) is 4.68. The number of benzene rings is 1. The molecule has 1 aromatic rings. The molecule has 1 saturated heterocycles. The molecule has 0 bridgehead atoms. The van der Waals surface area contributed by atoms with Gasteiger partial charge in [-0.1, -0.05) is 12.1 Å². The van der Waals surface area contributed by atoms with Gasteiger partial charge in [0.1, 0.15) is 11.4 Å². The number of hydrogen-bond acceptors (Lipinski definition) is 4. The average Bonchev–Trinajstić information content (AvgIpc) is 2.54. The molecule has 1 amide bonds. The molecule has 1 heterocycles. The van der Waals surface area contributed by atoms with Crippen LogP contribution in [0.4, 0.5) is 0 Å². The van der Waals surface area contributed by atoms with Crippen LogP contribution in [0.2, 0.25) is 0 Å². The number of carbonyl (C=O) groups is 1. The molecule has 0 unspecified atom stereocenters. The first kappa shape index (κ1) is 20.7. The number of methoxy groups -OCH3 is 2. The van der Waals surface area contributed by atoms with Gasteiger partial charge >= 0.3 is 0 Å². The number of nitrogens with zero attached hydrogens (tertiary/aromatic N) is 1. The highest BCUT2D eigenvalue weighted by molar-refractivity contribution is 5.85. The maximum atomic E-state index is 12.9. The van der Waals surface area contributed by atoms with Crippen molar-refractivity contribution in [1.29, 1.82) is 0 Å². The fourth-order valence-corrected chi connectivity index (χ4v) is 3.48. The van der Waals surface area contributed by atoms with Gasteiger partial charge in [0, 0.05) is 20.7 Å². The minimum atomic E-state index is -0.684. The van der Waals surface area contributed by atoms with Crippen molar-refractivity contribution >= 4 is 18.3 Å². The molecule has 0 saturated carbocycles. The van der Waals surface area contributed by atoms with E-state index in [1.54, 1.807) is 19.1 Å². The Morgan fingerprint density at radius 2 is 1.75 bits per heavy atom. The zero-order valence-corrected chi connectivity index (χ0v) is 16.1. The number of ether oxygens (including phenoxy) is 2. The summed E-state index contributed by atoms with van der Waals surface area (Å²) in [6.07, 6.45) is 1.43. The van der Waals surface area contributed by atoms with Crippen LogP contribution in [0, 0.1) is 13.8 Å². The predicted molar refractivity (Wildman–Crippen MR) is 98.0 cm³/mol. The van der Waals surface area contributed by atoms with Crippen LogP contribution < -0.4 is 10.1 Å². The maximum absolute atomic E-state index is 12.9. The lowest BCUT2D eigenvalue weighted by molar-refractivity contribution is -0.157. The Labute approximate surface area is 151 Å². The SMILES string of the molecule is COc1c(C)cc(CN(C)C(=O)C2(OC)CCNCC2)cc1C.Cl. The fourth-order valence-electron chi connectivity index (χ4n) is 3.48. The van der Waals surface area contributed by atoms with Crippen LogP contribution >= 0.6 is 12.4 Å². The molecule has 0 aromatic heterocycles. The van der Waals surface area contributed by atoms with Crippen LogP contribution in [0.3, 0.4) is 0 Å². The van der Waals surface area contributed by atoms with Gasteiger partial charge in [0.05, 0.1) is 7.11 Å². The van der Waals surface area contributed by atoms with Crippen LogP contribution in [-0.2, 0) is 16.1 Å². The van der Waals surface area contributed by atoms with E-state index in [9.17, 15) is 4.79 Å². The smallest absolute Gasteiger partial charge is 0.254 e. The van der Waals surface area contributed by atoms with E-state index in [-0.39, 0.29) is 18.3 Å². The van der Waals surface area contributed by atoms with E-state index in [1.165, 1.54) is 0 Å². The van der Waals surface area contributed by atoms with E-state index in [2.05, 4.69) is 17.4 Å². The Bertz CT molecular complexity index is 548. The van der Waals surface area contributed by atoms with Gasteiger partial charge in [0.2, 0.25) is 0 Å². The summed E-state index contributed by atoms with van der Waals surface area (Å²) in [5.74, 6) is 0.974. The van der Waals surface area contributed by atoms with Gasteiger partial charge in [-0.25, -0.2) is 0 Å². The normalized spacial score (nSPS) is 16.2. The van der Waals surface area contributed by atoms with Crippen molar-refractivity contribution < 1.29 is 14.3 Å². The third kappa shape index (κ3) is 4.21. The van der Waals surface area contributed by atoms with Crippen molar-refractivity contribution in [3.8, 4) is 5.75 Å². The number of likely N-dealkylation sites (N-methyl/N-ethyl adjacent to an activating group) is 1. The molecular weight excluding hydrogens is 328 g/mol. The molecule has 2 rings (SSSR count). The molecule has 0 aliphatic carbocycles.